The van der Waals surface area contributed by atoms with Crippen LogP contribution in [0.4, 0.5) is 0 Å². The number of hydrogen-bond acceptors (Lipinski definition) is 5. The minimum atomic E-state index is -1.10. The number of hydrogen-bond donors (Lipinski definition) is 3. The first-order valence-electron chi connectivity index (χ1n) is 13.1. The van der Waals surface area contributed by atoms with Crippen LogP contribution in [-0.2, 0) is 14.3 Å². The third kappa shape index (κ3) is 8.92. The second-order valence-electron chi connectivity index (χ2n) is 8.85. The number of aliphatic carboxylic acids is 1. The van der Waals surface area contributed by atoms with Crippen LogP contribution in [0.15, 0.2) is 46.9 Å². The van der Waals surface area contributed by atoms with Crippen molar-refractivity contribution >= 4 is 68.4 Å². The molecule has 0 aliphatic carbocycles. The van der Waals surface area contributed by atoms with Gasteiger partial charge in [0, 0.05) is 59.7 Å². The van der Waals surface area contributed by atoms with Crippen LogP contribution in [0.5, 0.6) is 0 Å². The number of carbonyl (C=O) groups excluding carboxylic acids is 2. The van der Waals surface area contributed by atoms with Gasteiger partial charge in [-0.2, -0.15) is 0 Å². The molecule has 0 saturated carbocycles. The summed E-state index contributed by atoms with van der Waals surface area (Å²) in [5.41, 5.74) is 3.11. The molecule has 40 heavy (non-hydrogen) atoms. The van der Waals surface area contributed by atoms with Crippen LogP contribution >= 0.6 is 27.5 Å². The van der Waals surface area contributed by atoms with E-state index >= 15 is 0 Å². The van der Waals surface area contributed by atoms with Crippen LogP contribution in [0.2, 0.25) is 5.02 Å². The molecule has 1 aliphatic heterocycles. The average Bonchev–Trinajstić information content (AvgIpc) is 3.31. The summed E-state index contributed by atoms with van der Waals surface area (Å²) in [5, 5.41) is 13.1. The second kappa shape index (κ2) is 15.6. The topological polar surface area (TPSA) is 115 Å². The fourth-order valence-electron chi connectivity index (χ4n) is 4.27. The molecule has 4 rings (SSSR count). The van der Waals surface area contributed by atoms with Crippen molar-refractivity contribution in [2.24, 2.45) is 0 Å². The Kier molecular flexibility index (Phi) is 12.2. The Morgan fingerprint density at radius 1 is 1.05 bits per heavy atom. The van der Waals surface area contributed by atoms with Crippen LogP contribution in [0.1, 0.15) is 35.5 Å². The van der Waals surface area contributed by atoms with Crippen molar-refractivity contribution in [3.8, 4) is 0 Å². The summed E-state index contributed by atoms with van der Waals surface area (Å²) in [6, 6.07) is 13.2. The molecule has 1 aliphatic rings. The van der Waals surface area contributed by atoms with E-state index in [9.17, 15) is 14.4 Å². The predicted octanol–water partition coefficient (Wildman–Crippen LogP) is 4.76. The maximum atomic E-state index is 13.3. The summed E-state index contributed by atoms with van der Waals surface area (Å²) in [6.07, 6.45) is 3.82. The molecule has 214 valence electrons. The number of fused-ring (bicyclic) bond motifs is 1. The van der Waals surface area contributed by atoms with Gasteiger partial charge in [-0.3, -0.25) is 14.5 Å². The molecule has 1 fully saturated rings. The lowest BCUT2D eigenvalue weighted by Crippen LogP contribution is -2.51. The molecular formula is C29H34BrClN4O5. The van der Waals surface area contributed by atoms with E-state index < -0.39 is 12.6 Å². The van der Waals surface area contributed by atoms with Gasteiger partial charge >= 0.3 is 5.97 Å². The summed E-state index contributed by atoms with van der Waals surface area (Å²) in [6.45, 7) is 6.76. The lowest BCUT2D eigenvalue weighted by molar-refractivity contribution is -0.146. The maximum absolute atomic E-state index is 13.3. The first-order valence-corrected chi connectivity index (χ1v) is 14.3. The van der Waals surface area contributed by atoms with Gasteiger partial charge in [-0.05, 0) is 35.9 Å². The summed E-state index contributed by atoms with van der Waals surface area (Å²) >= 11 is 9.48. The SMILES string of the molecule is CC.O=C(O)COCC(=O)N1CCN(CCNC(=O)c2c(/C=C/c3ccc(Cl)cc3)[nH]c3cc(Br)ccc23)CC1. The molecule has 0 bridgehead atoms. The van der Waals surface area contributed by atoms with Gasteiger partial charge in [0.05, 0.1) is 11.3 Å². The van der Waals surface area contributed by atoms with E-state index in [1.54, 1.807) is 4.90 Å². The highest BCUT2D eigenvalue weighted by Gasteiger charge is 2.22. The van der Waals surface area contributed by atoms with E-state index in [0.29, 0.717) is 55.5 Å². The number of nitrogens with one attached hydrogen (secondary N) is 2. The number of halogens is 2. The highest BCUT2D eigenvalue weighted by atomic mass is 79.9. The smallest absolute Gasteiger partial charge is 0.329 e. The Hall–Kier alpha value is -3.18. The number of carboxylic acid groups (broad SMARTS) is 1. The van der Waals surface area contributed by atoms with Crippen molar-refractivity contribution < 1.29 is 24.2 Å². The van der Waals surface area contributed by atoms with Crippen LogP contribution in [0.25, 0.3) is 23.1 Å². The van der Waals surface area contributed by atoms with Gasteiger partial charge in [-0.1, -0.05) is 65.7 Å². The molecule has 0 unspecified atom stereocenters. The number of nitrogens with zero attached hydrogens (tertiary/aromatic N) is 2. The van der Waals surface area contributed by atoms with Gasteiger partial charge in [-0.25, -0.2) is 4.79 Å². The van der Waals surface area contributed by atoms with Crippen molar-refractivity contribution in [2.75, 3.05) is 52.5 Å². The zero-order chi connectivity index (χ0) is 29.1. The van der Waals surface area contributed by atoms with Crippen molar-refractivity contribution in [3.63, 3.8) is 0 Å². The lowest BCUT2D eigenvalue weighted by atomic mass is 10.1. The molecule has 2 heterocycles. The van der Waals surface area contributed by atoms with E-state index in [0.717, 1.165) is 20.9 Å². The Labute approximate surface area is 247 Å². The fraction of sp³-hybridized carbons (Fsp3) is 0.345. The van der Waals surface area contributed by atoms with E-state index in [2.05, 4.69) is 31.1 Å². The predicted molar refractivity (Wildman–Crippen MR) is 162 cm³/mol. The Morgan fingerprint density at radius 2 is 1.75 bits per heavy atom. The monoisotopic (exact) mass is 632 g/mol. The highest BCUT2D eigenvalue weighted by molar-refractivity contribution is 9.10. The molecule has 0 radical (unpaired) electrons. The molecule has 2 aromatic carbocycles. The molecule has 2 amide bonds. The molecule has 11 heteroatoms. The summed E-state index contributed by atoms with van der Waals surface area (Å²) in [7, 11) is 0. The minimum absolute atomic E-state index is 0.168. The Balaban J connectivity index is 0.00000216. The number of aromatic nitrogens is 1. The minimum Gasteiger partial charge on any atom is -0.480 e. The number of H-pyrrole nitrogens is 1. The number of piperazine rings is 1. The van der Waals surface area contributed by atoms with Gasteiger partial charge < -0.3 is 25.0 Å². The summed E-state index contributed by atoms with van der Waals surface area (Å²) in [4.78, 5) is 43.2. The van der Waals surface area contributed by atoms with Crippen LogP contribution in [0.3, 0.4) is 0 Å². The molecule has 1 aromatic heterocycles. The molecule has 3 aromatic rings. The number of rotatable bonds is 10. The molecule has 9 nitrogen and oxygen atoms in total. The van der Waals surface area contributed by atoms with Gasteiger partial charge in [-0.15, -0.1) is 0 Å². The van der Waals surface area contributed by atoms with Crippen LogP contribution in [0, 0.1) is 0 Å². The highest BCUT2D eigenvalue weighted by Crippen LogP contribution is 2.27. The van der Waals surface area contributed by atoms with Crippen LogP contribution < -0.4 is 5.32 Å². The zero-order valence-corrected chi connectivity index (χ0v) is 24.9. The van der Waals surface area contributed by atoms with Gasteiger partial charge in [0.2, 0.25) is 5.91 Å². The van der Waals surface area contributed by atoms with E-state index in [1.165, 1.54) is 0 Å². The Bertz CT molecular complexity index is 1330. The van der Waals surface area contributed by atoms with E-state index in [1.807, 2.05) is 68.5 Å². The van der Waals surface area contributed by atoms with Crippen molar-refractivity contribution in [3.05, 3.63) is 68.8 Å². The number of carboxylic acids is 1. The average molecular weight is 634 g/mol. The van der Waals surface area contributed by atoms with Crippen molar-refractivity contribution in [2.45, 2.75) is 13.8 Å². The van der Waals surface area contributed by atoms with Gasteiger partial charge in [0.1, 0.15) is 13.2 Å². The molecular weight excluding hydrogens is 600 g/mol. The number of amides is 2. The molecule has 1 saturated heterocycles. The second-order valence-corrected chi connectivity index (χ2v) is 10.2. The van der Waals surface area contributed by atoms with E-state index in [-0.39, 0.29) is 18.4 Å². The number of aromatic amines is 1. The number of benzene rings is 2. The Morgan fingerprint density at radius 3 is 2.42 bits per heavy atom. The summed E-state index contributed by atoms with van der Waals surface area (Å²) < 4.78 is 5.80. The van der Waals surface area contributed by atoms with Gasteiger partial charge in [0.25, 0.3) is 5.91 Å². The largest absolute Gasteiger partial charge is 0.480 e. The van der Waals surface area contributed by atoms with E-state index in [4.69, 9.17) is 21.4 Å². The van der Waals surface area contributed by atoms with Crippen molar-refractivity contribution in [1.29, 1.82) is 0 Å². The zero-order valence-electron chi connectivity index (χ0n) is 22.6. The normalized spacial score (nSPS) is 13.8. The lowest BCUT2D eigenvalue weighted by Gasteiger charge is -2.34. The first kappa shape index (κ1) is 31.3. The van der Waals surface area contributed by atoms with Gasteiger partial charge in [0.15, 0.2) is 0 Å². The number of carbonyl (C=O) groups is 3. The number of ether oxygens (including phenoxy) is 1. The first-order chi connectivity index (χ1) is 19.3. The molecule has 0 spiro atoms. The quantitative estimate of drug-likeness (QED) is 0.297. The van der Waals surface area contributed by atoms with Crippen LogP contribution in [-0.4, -0.2) is 90.2 Å². The summed E-state index contributed by atoms with van der Waals surface area (Å²) in [5.74, 6) is -1.49. The third-order valence-electron chi connectivity index (χ3n) is 6.22. The fourth-order valence-corrected chi connectivity index (χ4v) is 4.75. The molecule has 3 N–H and O–H groups in total. The maximum Gasteiger partial charge on any atom is 0.329 e. The molecule has 0 atom stereocenters. The third-order valence-corrected chi connectivity index (χ3v) is 6.96. The standard InChI is InChI=1S/C27H28BrClN4O5.C2H6/c28-19-4-7-21-23(15-19)31-22(8-3-18-1-5-20(29)6-2-18)26(21)27(37)30-9-10-32-11-13-33(14-12-32)24(34)16-38-17-25(35)36;1-2/h1-8,15,31H,9-14,16-17H2,(H,30,37)(H,35,36);1-2H3/b8-3+;. The van der Waals surface area contributed by atoms with Crippen molar-refractivity contribution in [1.82, 2.24) is 20.1 Å².